The van der Waals surface area contributed by atoms with Gasteiger partial charge in [-0.3, -0.25) is 4.90 Å². The Morgan fingerprint density at radius 3 is 2.59 bits per heavy atom. The zero-order valence-electron chi connectivity index (χ0n) is 13.2. The molecule has 1 aliphatic heterocycles. The lowest BCUT2D eigenvalue weighted by Crippen LogP contribution is -2.67. The van der Waals surface area contributed by atoms with Gasteiger partial charge in [-0.15, -0.1) is 0 Å². The average molecular weight is 438 g/mol. The van der Waals surface area contributed by atoms with Crippen molar-refractivity contribution in [1.82, 2.24) is 9.88 Å². The standard InChI is InChI=1S/C15H21ClIN3O2/c1-14(2,3)15(4)9-19(5-6-20(15)13(21)22)12-7-11(17)10(16)8-18-12/h7-8H,5-6,9H2,1-4H3,(H,21,22). The van der Waals surface area contributed by atoms with E-state index in [9.17, 15) is 9.90 Å². The number of aromatic nitrogens is 1. The quantitative estimate of drug-likeness (QED) is 0.676. The van der Waals surface area contributed by atoms with Crippen molar-refractivity contribution in [3.8, 4) is 0 Å². The van der Waals surface area contributed by atoms with Crippen LogP contribution in [0.1, 0.15) is 27.7 Å². The van der Waals surface area contributed by atoms with Crippen LogP contribution in [0.3, 0.4) is 0 Å². The first-order valence-corrected chi connectivity index (χ1v) is 8.58. The van der Waals surface area contributed by atoms with Crippen LogP contribution < -0.4 is 4.90 Å². The number of anilines is 1. The molecule has 1 amide bonds. The van der Waals surface area contributed by atoms with Crippen molar-refractivity contribution >= 4 is 46.1 Å². The van der Waals surface area contributed by atoms with Crippen LogP contribution in [0.4, 0.5) is 10.6 Å². The Hall–Kier alpha value is -0.760. The monoisotopic (exact) mass is 437 g/mol. The summed E-state index contributed by atoms with van der Waals surface area (Å²) in [6.07, 6.45) is 0.784. The molecule has 122 valence electrons. The lowest BCUT2D eigenvalue weighted by atomic mass is 9.72. The summed E-state index contributed by atoms with van der Waals surface area (Å²) < 4.78 is 0.947. The summed E-state index contributed by atoms with van der Waals surface area (Å²) in [7, 11) is 0. The third-order valence-corrected chi connectivity index (χ3v) is 6.17. The molecular formula is C15H21ClIN3O2. The summed E-state index contributed by atoms with van der Waals surface area (Å²) in [6.45, 7) is 9.93. The second-order valence-electron chi connectivity index (χ2n) is 6.84. The maximum absolute atomic E-state index is 11.6. The number of pyridine rings is 1. The molecular weight excluding hydrogens is 417 g/mol. The largest absolute Gasteiger partial charge is 0.465 e. The lowest BCUT2D eigenvalue weighted by Gasteiger charge is -2.54. The SMILES string of the molecule is CC(C)(C)C1(C)CN(c2cc(I)c(Cl)cn2)CCN1C(=O)O. The van der Waals surface area contributed by atoms with Gasteiger partial charge in [0.15, 0.2) is 0 Å². The van der Waals surface area contributed by atoms with Crippen LogP contribution in [-0.2, 0) is 0 Å². The zero-order chi connectivity index (χ0) is 16.7. The van der Waals surface area contributed by atoms with E-state index in [-0.39, 0.29) is 5.41 Å². The minimum atomic E-state index is -0.865. The second-order valence-corrected chi connectivity index (χ2v) is 8.41. The van der Waals surface area contributed by atoms with Crippen LogP contribution in [0.5, 0.6) is 0 Å². The second kappa shape index (κ2) is 6.03. The van der Waals surface area contributed by atoms with E-state index >= 15 is 0 Å². The summed E-state index contributed by atoms with van der Waals surface area (Å²) in [6, 6.07) is 1.95. The highest BCUT2D eigenvalue weighted by Crippen LogP contribution is 2.39. The molecule has 5 nitrogen and oxygen atoms in total. The maximum atomic E-state index is 11.6. The molecule has 2 heterocycles. The Balaban J connectivity index is 2.35. The Kier molecular flexibility index (Phi) is 4.82. The van der Waals surface area contributed by atoms with Gasteiger partial charge in [-0.25, -0.2) is 9.78 Å². The molecule has 1 saturated heterocycles. The molecule has 0 radical (unpaired) electrons. The highest BCUT2D eigenvalue weighted by molar-refractivity contribution is 14.1. The van der Waals surface area contributed by atoms with E-state index in [0.29, 0.717) is 24.7 Å². The Morgan fingerprint density at radius 2 is 2.09 bits per heavy atom. The highest BCUT2D eigenvalue weighted by Gasteiger charge is 2.48. The molecule has 1 atom stereocenters. The van der Waals surface area contributed by atoms with Crippen molar-refractivity contribution in [2.45, 2.75) is 33.2 Å². The van der Waals surface area contributed by atoms with Gasteiger partial charge >= 0.3 is 6.09 Å². The fourth-order valence-corrected chi connectivity index (χ4v) is 3.25. The van der Waals surface area contributed by atoms with Gasteiger partial charge in [-0.1, -0.05) is 32.4 Å². The number of carbonyl (C=O) groups is 1. The molecule has 0 aliphatic carbocycles. The maximum Gasteiger partial charge on any atom is 0.407 e. The van der Waals surface area contributed by atoms with E-state index in [1.54, 1.807) is 11.1 Å². The first-order valence-electron chi connectivity index (χ1n) is 7.13. The molecule has 1 fully saturated rings. The smallest absolute Gasteiger partial charge is 0.407 e. The Bertz CT molecular complexity index is 591. The van der Waals surface area contributed by atoms with E-state index in [1.165, 1.54) is 0 Å². The van der Waals surface area contributed by atoms with Crippen LogP contribution in [0.2, 0.25) is 5.02 Å². The summed E-state index contributed by atoms with van der Waals surface area (Å²) in [4.78, 5) is 19.7. The molecule has 1 aromatic rings. The van der Waals surface area contributed by atoms with Gasteiger partial charge in [0, 0.05) is 29.4 Å². The van der Waals surface area contributed by atoms with Crippen LogP contribution in [0.15, 0.2) is 12.3 Å². The van der Waals surface area contributed by atoms with Gasteiger partial charge < -0.3 is 10.0 Å². The summed E-state index contributed by atoms with van der Waals surface area (Å²) in [5.41, 5.74) is -0.687. The summed E-state index contributed by atoms with van der Waals surface area (Å²) in [5.74, 6) is 0.842. The van der Waals surface area contributed by atoms with Gasteiger partial charge in [0.05, 0.1) is 10.6 Å². The van der Waals surface area contributed by atoms with E-state index in [4.69, 9.17) is 11.6 Å². The third-order valence-electron chi connectivity index (χ3n) is 4.65. The summed E-state index contributed by atoms with van der Waals surface area (Å²) in [5, 5.41) is 10.2. The number of hydrogen-bond donors (Lipinski definition) is 1. The Morgan fingerprint density at radius 1 is 1.45 bits per heavy atom. The minimum Gasteiger partial charge on any atom is -0.465 e. The number of carboxylic acid groups (broad SMARTS) is 1. The van der Waals surface area contributed by atoms with Gasteiger partial charge in [0.2, 0.25) is 0 Å². The topological polar surface area (TPSA) is 56.7 Å². The van der Waals surface area contributed by atoms with Gasteiger partial charge in [-0.05, 0) is 41.0 Å². The van der Waals surface area contributed by atoms with Crippen molar-refractivity contribution in [3.63, 3.8) is 0 Å². The van der Waals surface area contributed by atoms with Crippen LogP contribution >= 0.6 is 34.2 Å². The van der Waals surface area contributed by atoms with E-state index in [0.717, 1.165) is 9.39 Å². The number of piperazine rings is 1. The minimum absolute atomic E-state index is 0.191. The van der Waals surface area contributed by atoms with Crippen molar-refractivity contribution in [2.24, 2.45) is 5.41 Å². The van der Waals surface area contributed by atoms with Crippen molar-refractivity contribution in [2.75, 3.05) is 24.5 Å². The molecule has 1 aliphatic rings. The molecule has 0 bridgehead atoms. The first-order chi connectivity index (χ1) is 10.1. The molecule has 1 aromatic heterocycles. The van der Waals surface area contributed by atoms with Crippen LogP contribution in [0, 0.1) is 8.99 Å². The fraction of sp³-hybridized carbons (Fsp3) is 0.600. The molecule has 0 aromatic carbocycles. The molecule has 1 unspecified atom stereocenters. The van der Waals surface area contributed by atoms with Gasteiger partial charge in [0.1, 0.15) is 5.82 Å². The molecule has 7 heteroatoms. The molecule has 0 saturated carbocycles. The predicted octanol–water partition coefficient (Wildman–Crippen LogP) is 3.94. The summed E-state index contributed by atoms with van der Waals surface area (Å²) >= 11 is 8.22. The Labute approximate surface area is 149 Å². The fourth-order valence-electron chi connectivity index (χ4n) is 2.72. The number of amides is 1. The lowest BCUT2D eigenvalue weighted by molar-refractivity contribution is 0.00728. The average Bonchev–Trinajstić information content (AvgIpc) is 2.40. The van der Waals surface area contributed by atoms with Gasteiger partial charge in [0.25, 0.3) is 0 Å². The normalized spacial score (nSPS) is 22.8. The number of rotatable bonds is 1. The van der Waals surface area contributed by atoms with E-state index in [1.807, 2.05) is 13.0 Å². The van der Waals surface area contributed by atoms with E-state index < -0.39 is 11.6 Å². The third kappa shape index (κ3) is 3.13. The predicted molar refractivity (Wildman–Crippen MR) is 96.8 cm³/mol. The molecule has 2 rings (SSSR count). The highest BCUT2D eigenvalue weighted by atomic mass is 127. The van der Waals surface area contributed by atoms with Crippen molar-refractivity contribution < 1.29 is 9.90 Å². The van der Waals surface area contributed by atoms with Crippen molar-refractivity contribution in [1.29, 1.82) is 0 Å². The molecule has 1 N–H and O–H groups in total. The van der Waals surface area contributed by atoms with Gasteiger partial charge in [-0.2, -0.15) is 0 Å². The van der Waals surface area contributed by atoms with Crippen LogP contribution in [0.25, 0.3) is 0 Å². The number of halogens is 2. The number of hydrogen-bond acceptors (Lipinski definition) is 3. The first kappa shape index (κ1) is 17.6. The molecule has 22 heavy (non-hydrogen) atoms. The molecule has 0 spiro atoms. The van der Waals surface area contributed by atoms with E-state index in [2.05, 4.69) is 53.2 Å². The zero-order valence-corrected chi connectivity index (χ0v) is 16.1. The van der Waals surface area contributed by atoms with Crippen LogP contribution in [-0.4, -0.2) is 46.3 Å². The van der Waals surface area contributed by atoms with Crippen molar-refractivity contribution in [3.05, 3.63) is 20.9 Å². The number of nitrogens with zero attached hydrogens (tertiary/aromatic N) is 3.